The van der Waals surface area contributed by atoms with Gasteiger partial charge in [0.15, 0.2) is 0 Å². The molecule has 1 aromatic rings. The molecule has 1 aromatic carbocycles. The quantitative estimate of drug-likeness (QED) is 0.810. The number of piperidine rings is 1. The predicted molar refractivity (Wildman–Crippen MR) is 85.3 cm³/mol. The van der Waals surface area contributed by atoms with Crippen molar-refractivity contribution in [2.24, 2.45) is 5.73 Å². The van der Waals surface area contributed by atoms with Gasteiger partial charge in [0.1, 0.15) is 5.75 Å². The number of amides is 2. The van der Waals surface area contributed by atoms with Crippen molar-refractivity contribution < 1.29 is 23.1 Å². The number of carbonyl (C=O) groups excluding carboxylic acids is 2. The average molecular weight is 338 g/mol. The predicted octanol–water partition coefficient (Wildman–Crippen LogP) is 2.56. The fourth-order valence-electron chi connectivity index (χ4n) is 2.81. The molecule has 0 radical (unpaired) electrons. The SMILES string of the molecule is NC(=O)CC1CCCCN1C(=O)/C=C/c1ccccc1OC(F)F. The summed E-state index contributed by atoms with van der Waals surface area (Å²) in [6, 6.07) is 6.02. The van der Waals surface area contributed by atoms with Crippen LogP contribution in [-0.2, 0) is 9.59 Å². The Kier molecular flexibility index (Phi) is 6.28. The van der Waals surface area contributed by atoms with Crippen molar-refractivity contribution in [1.82, 2.24) is 4.90 Å². The number of nitrogens with two attached hydrogens (primary N) is 1. The minimum absolute atomic E-state index is 0.00359. The number of alkyl halides is 2. The molecule has 1 aliphatic heterocycles. The highest BCUT2D eigenvalue weighted by molar-refractivity contribution is 5.92. The highest BCUT2D eigenvalue weighted by Crippen LogP contribution is 2.23. The molecule has 2 rings (SSSR count). The van der Waals surface area contributed by atoms with Crippen molar-refractivity contribution in [3.05, 3.63) is 35.9 Å². The third-order valence-electron chi connectivity index (χ3n) is 3.89. The number of nitrogens with zero attached hydrogens (tertiary/aromatic N) is 1. The maximum Gasteiger partial charge on any atom is 0.387 e. The summed E-state index contributed by atoms with van der Waals surface area (Å²) in [5.74, 6) is -0.712. The van der Waals surface area contributed by atoms with Crippen molar-refractivity contribution in [3.63, 3.8) is 0 Å². The third-order valence-corrected chi connectivity index (χ3v) is 3.89. The largest absolute Gasteiger partial charge is 0.434 e. The summed E-state index contributed by atoms with van der Waals surface area (Å²) >= 11 is 0. The Bertz CT molecular complexity index is 620. The third kappa shape index (κ3) is 5.04. The van der Waals surface area contributed by atoms with Gasteiger partial charge in [-0.3, -0.25) is 9.59 Å². The second-order valence-electron chi connectivity index (χ2n) is 5.60. The summed E-state index contributed by atoms with van der Waals surface area (Å²) in [5.41, 5.74) is 5.62. The smallest absolute Gasteiger partial charge is 0.387 e. The van der Waals surface area contributed by atoms with E-state index in [1.165, 1.54) is 18.2 Å². The van der Waals surface area contributed by atoms with Crippen LogP contribution in [-0.4, -0.2) is 35.9 Å². The summed E-state index contributed by atoms with van der Waals surface area (Å²) in [5, 5.41) is 0. The standard InChI is InChI=1S/C17H20F2N2O3/c18-17(19)24-14-7-2-1-5-12(14)8-9-16(23)21-10-4-3-6-13(21)11-15(20)22/h1-2,5,7-9,13,17H,3-4,6,10-11H2,(H2,20,22)/b9-8+. The van der Waals surface area contributed by atoms with Gasteiger partial charge in [-0.2, -0.15) is 8.78 Å². The first-order valence-electron chi connectivity index (χ1n) is 7.78. The van der Waals surface area contributed by atoms with E-state index in [0.717, 1.165) is 19.3 Å². The maximum atomic E-state index is 12.4. The van der Waals surface area contributed by atoms with E-state index in [4.69, 9.17) is 5.73 Å². The van der Waals surface area contributed by atoms with Crippen molar-refractivity contribution in [2.45, 2.75) is 38.3 Å². The van der Waals surface area contributed by atoms with Gasteiger partial charge in [-0.05, 0) is 31.4 Å². The first-order chi connectivity index (χ1) is 11.5. The molecule has 0 bridgehead atoms. The number of rotatable bonds is 6. The Morgan fingerprint density at radius 3 is 2.79 bits per heavy atom. The van der Waals surface area contributed by atoms with Gasteiger partial charge >= 0.3 is 6.61 Å². The van der Waals surface area contributed by atoms with Crippen LogP contribution in [0.4, 0.5) is 8.78 Å². The van der Waals surface area contributed by atoms with Gasteiger partial charge in [0.25, 0.3) is 0 Å². The van der Waals surface area contributed by atoms with E-state index in [9.17, 15) is 18.4 Å². The van der Waals surface area contributed by atoms with Gasteiger partial charge in [0.05, 0.1) is 0 Å². The van der Waals surface area contributed by atoms with Gasteiger partial charge < -0.3 is 15.4 Å². The summed E-state index contributed by atoms with van der Waals surface area (Å²) in [6.07, 6.45) is 5.41. The van der Waals surface area contributed by atoms with Crippen LogP contribution in [0.3, 0.4) is 0 Å². The highest BCUT2D eigenvalue weighted by Gasteiger charge is 2.26. The minimum Gasteiger partial charge on any atom is -0.434 e. The maximum absolute atomic E-state index is 12.4. The number of hydrogen-bond acceptors (Lipinski definition) is 3. The number of hydrogen-bond donors (Lipinski definition) is 1. The van der Waals surface area contributed by atoms with Crippen LogP contribution >= 0.6 is 0 Å². The molecule has 1 atom stereocenters. The molecule has 1 unspecified atom stereocenters. The van der Waals surface area contributed by atoms with Crippen LogP contribution in [0.1, 0.15) is 31.2 Å². The van der Waals surface area contributed by atoms with Gasteiger partial charge in [-0.15, -0.1) is 0 Å². The molecule has 130 valence electrons. The fraction of sp³-hybridized carbons (Fsp3) is 0.412. The Labute approximate surface area is 139 Å². The van der Waals surface area contributed by atoms with E-state index >= 15 is 0 Å². The van der Waals surface area contributed by atoms with Crippen molar-refractivity contribution in [2.75, 3.05) is 6.54 Å². The fourth-order valence-corrected chi connectivity index (χ4v) is 2.81. The summed E-state index contributed by atoms with van der Waals surface area (Å²) in [7, 11) is 0. The van der Waals surface area contributed by atoms with Crippen LogP contribution in [0.2, 0.25) is 0 Å². The Morgan fingerprint density at radius 1 is 1.33 bits per heavy atom. The van der Waals surface area contributed by atoms with Crippen LogP contribution in [0.15, 0.2) is 30.3 Å². The lowest BCUT2D eigenvalue weighted by molar-refractivity contribution is -0.130. The lowest BCUT2D eigenvalue weighted by Gasteiger charge is -2.34. The van der Waals surface area contributed by atoms with E-state index in [2.05, 4.69) is 4.74 Å². The zero-order chi connectivity index (χ0) is 17.5. The van der Waals surface area contributed by atoms with Crippen molar-refractivity contribution >= 4 is 17.9 Å². The Hall–Kier alpha value is -2.44. The molecule has 7 heteroatoms. The molecular weight excluding hydrogens is 318 g/mol. The number of primary amides is 1. The minimum atomic E-state index is -2.93. The lowest BCUT2D eigenvalue weighted by Crippen LogP contribution is -2.44. The average Bonchev–Trinajstić information content (AvgIpc) is 2.53. The highest BCUT2D eigenvalue weighted by atomic mass is 19.3. The van der Waals surface area contributed by atoms with E-state index < -0.39 is 12.5 Å². The van der Waals surface area contributed by atoms with Gasteiger partial charge in [-0.25, -0.2) is 0 Å². The second kappa shape index (κ2) is 8.42. The van der Waals surface area contributed by atoms with Crippen LogP contribution in [0.5, 0.6) is 5.75 Å². The van der Waals surface area contributed by atoms with Gasteiger partial charge in [0.2, 0.25) is 11.8 Å². The summed E-state index contributed by atoms with van der Waals surface area (Å²) in [4.78, 5) is 25.1. The van der Waals surface area contributed by atoms with Crippen LogP contribution in [0.25, 0.3) is 6.08 Å². The zero-order valence-corrected chi connectivity index (χ0v) is 13.2. The summed E-state index contributed by atoms with van der Waals surface area (Å²) in [6.45, 7) is -2.38. The molecule has 0 saturated carbocycles. The molecule has 0 spiro atoms. The second-order valence-corrected chi connectivity index (χ2v) is 5.60. The number of likely N-dealkylation sites (tertiary alicyclic amines) is 1. The molecular formula is C17H20F2N2O3. The Balaban J connectivity index is 2.10. The molecule has 0 aliphatic carbocycles. The zero-order valence-electron chi connectivity index (χ0n) is 13.2. The first kappa shape index (κ1) is 17.9. The summed E-state index contributed by atoms with van der Waals surface area (Å²) < 4.78 is 29.2. The number of ether oxygens (including phenoxy) is 1. The van der Waals surface area contributed by atoms with Gasteiger partial charge in [-0.1, -0.05) is 18.2 Å². The molecule has 1 heterocycles. The van der Waals surface area contributed by atoms with Crippen LogP contribution < -0.4 is 10.5 Å². The first-order valence-corrected chi connectivity index (χ1v) is 7.78. The van der Waals surface area contributed by atoms with Gasteiger partial charge in [0, 0.05) is 30.6 Å². The van der Waals surface area contributed by atoms with E-state index in [-0.39, 0.29) is 24.1 Å². The molecule has 2 amide bonds. The topological polar surface area (TPSA) is 72.6 Å². The van der Waals surface area contributed by atoms with Crippen molar-refractivity contribution in [1.29, 1.82) is 0 Å². The molecule has 1 fully saturated rings. The van der Waals surface area contributed by atoms with E-state index in [0.29, 0.717) is 12.1 Å². The lowest BCUT2D eigenvalue weighted by atomic mass is 9.99. The molecule has 24 heavy (non-hydrogen) atoms. The number of para-hydroxylation sites is 1. The van der Waals surface area contributed by atoms with E-state index in [1.54, 1.807) is 23.1 Å². The molecule has 5 nitrogen and oxygen atoms in total. The van der Waals surface area contributed by atoms with Crippen LogP contribution in [0, 0.1) is 0 Å². The molecule has 1 aliphatic rings. The number of benzene rings is 1. The number of halogens is 2. The number of carbonyl (C=O) groups is 2. The molecule has 1 saturated heterocycles. The monoisotopic (exact) mass is 338 g/mol. The molecule has 0 aromatic heterocycles. The van der Waals surface area contributed by atoms with Crippen molar-refractivity contribution in [3.8, 4) is 5.75 Å². The molecule has 2 N–H and O–H groups in total. The Morgan fingerprint density at radius 2 is 2.08 bits per heavy atom. The van der Waals surface area contributed by atoms with E-state index in [1.807, 2.05) is 0 Å². The normalized spacial score (nSPS) is 18.1.